The van der Waals surface area contributed by atoms with Crippen molar-refractivity contribution in [2.24, 2.45) is 0 Å². The molecule has 0 aromatic heterocycles. The minimum absolute atomic E-state index is 0.104. The zero-order valence-electron chi connectivity index (χ0n) is 9.32. The van der Waals surface area contributed by atoms with Crippen molar-refractivity contribution in [2.75, 3.05) is 24.7 Å². The Morgan fingerprint density at radius 2 is 2.19 bits per heavy atom. The maximum absolute atomic E-state index is 11.2. The molecule has 0 aliphatic heterocycles. The molecule has 0 bridgehead atoms. The molecule has 92 valence electrons. The first-order valence-electron chi connectivity index (χ1n) is 4.92. The number of hydrogen-bond acceptors (Lipinski definition) is 5. The molecule has 16 heavy (non-hydrogen) atoms. The summed E-state index contributed by atoms with van der Waals surface area (Å²) in [5.74, 6) is 1.09. The minimum Gasteiger partial charge on any atom is -0.460 e. The normalized spacial score (nSPS) is 9.62. The maximum atomic E-state index is 11.2. The van der Waals surface area contributed by atoms with Crippen molar-refractivity contribution in [3.05, 3.63) is 12.2 Å². The summed E-state index contributed by atoms with van der Waals surface area (Å²) >= 11 is 5.25. The average Bonchev–Trinajstić information content (AvgIpc) is 2.24. The van der Waals surface area contributed by atoms with Crippen LogP contribution in [0, 0.1) is 0 Å². The predicted molar refractivity (Wildman–Crippen MR) is 70.1 cm³/mol. The van der Waals surface area contributed by atoms with Gasteiger partial charge in [-0.25, -0.2) is 4.79 Å². The third-order valence-corrected chi connectivity index (χ3v) is 2.70. The molecule has 0 saturated heterocycles. The molecule has 4 nitrogen and oxygen atoms in total. The molecule has 0 aromatic carbocycles. The fourth-order valence-electron chi connectivity index (χ4n) is 0.700. The summed E-state index contributed by atoms with van der Waals surface area (Å²) in [4.78, 5) is 22.1. The Morgan fingerprint density at radius 3 is 2.75 bits per heavy atom. The number of esters is 1. The number of nitrogens with one attached hydrogen (secondary N) is 1. The number of amides is 1. The van der Waals surface area contributed by atoms with Gasteiger partial charge >= 0.3 is 5.97 Å². The molecule has 0 radical (unpaired) electrons. The quantitative estimate of drug-likeness (QED) is 0.319. The van der Waals surface area contributed by atoms with Crippen LogP contribution in [0.3, 0.4) is 0 Å². The van der Waals surface area contributed by atoms with E-state index in [0.717, 1.165) is 17.9 Å². The summed E-state index contributed by atoms with van der Waals surface area (Å²) in [5.41, 5.74) is 0.356. The first-order valence-corrected chi connectivity index (χ1v) is 6.54. The van der Waals surface area contributed by atoms with Gasteiger partial charge in [0.05, 0.1) is 6.54 Å². The molecule has 0 saturated carbocycles. The summed E-state index contributed by atoms with van der Waals surface area (Å²) in [7, 11) is 0. The van der Waals surface area contributed by atoms with Crippen LogP contribution in [0.2, 0.25) is 0 Å². The van der Waals surface area contributed by atoms with Crippen LogP contribution in [-0.4, -0.2) is 35.9 Å². The standard InChI is InChI=1S/C10H17NO3S2/c1-8(2)9(12)14-5-4-11-10(13)16-7-3-6-15/h15H,1,3-7H2,2H3,(H,11,13). The zero-order chi connectivity index (χ0) is 12.4. The fraction of sp³-hybridized carbons (Fsp3) is 0.600. The Bertz CT molecular complexity index is 256. The van der Waals surface area contributed by atoms with E-state index in [4.69, 9.17) is 4.74 Å². The molecular formula is C10H17NO3S2. The van der Waals surface area contributed by atoms with Crippen LogP contribution in [0.25, 0.3) is 0 Å². The maximum Gasteiger partial charge on any atom is 0.333 e. The van der Waals surface area contributed by atoms with E-state index in [1.54, 1.807) is 6.92 Å². The molecule has 0 rings (SSSR count). The summed E-state index contributed by atoms with van der Waals surface area (Å²) in [5, 5.41) is 2.52. The van der Waals surface area contributed by atoms with Crippen molar-refractivity contribution < 1.29 is 14.3 Å². The highest BCUT2D eigenvalue weighted by atomic mass is 32.2. The van der Waals surface area contributed by atoms with Crippen LogP contribution in [0.4, 0.5) is 4.79 Å². The van der Waals surface area contributed by atoms with E-state index < -0.39 is 5.97 Å². The van der Waals surface area contributed by atoms with E-state index in [9.17, 15) is 9.59 Å². The van der Waals surface area contributed by atoms with Gasteiger partial charge < -0.3 is 10.1 Å². The summed E-state index contributed by atoms with van der Waals surface area (Å²) in [6, 6.07) is 0. The van der Waals surface area contributed by atoms with E-state index in [1.165, 1.54) is 11.8 Å². The third-order valence-electron chi connectivity index (χ3n) is 1.49. The molecule has 1 N–H and O–H groups in total. The number of thioether (sulfide) groups is 1. The van der Waals surface area contributed by atoms with E-state index >= 15 is 0 Å². The van der Waals surface area contributed by atoms with Crippen molar-refractivity contribution in [3.8, 4) is 0 Å². The molecule has 0 heterocycles. The highest BCUT2D eigenvalue weighted by Gasteiger charge is 2.04. The second-order valence-electron chi connectivity index (χ2n) is 3.06. The first kappa shape index (κ1) is 15.4. The van der Waals surface area contributed by atoms with Crippen molar-refractivity contribution >= 4 is 35.6 Å². The summed E-state index contributed by atoms with van der Waals surface area (Å²) < 4.78 is 4.80. The molecular weight excluding hydrogens is 246 g/mol. The topological polar surface area (TPSA) is 55.4 Å². The van der Waals surface area contributed by atoms with E-state index in [-0.39, 0.29) is 11.8 Å². The molecule has 0 fully saturated rings. The van der Waals surface area contributed by atoms with Gasteiger partial charge in [-0.05, 0) is 19.1 Å². The van der Waals surface area contributed by atoms with Gasteiger partial charge in [0.2, 0.25) is 0 Å². The lowest BCUT2D eigenvalue weighted by Gasteiger charge is -2.05. The van der Waals surface area contributed by atoms with Crippen molar-refractivity contribution in [2.45, 2.75) is 13.3 Å². The number of rotatable bonds is 7. The number of thiol groups is 1. The van der Waals surface area contributed by atoms with Crippen molar-refractivity contribution in [1.29, 1.82) is 0 Å². The highest BCUT2D eigenvalue weighted by Crippen LogP contribution is 2.03. The molecule has 6 heteroatoms. The van der Waals surface area contributed by atoms with Gasteiger partial charge in [0, 0.05) is 11.3 Å². The van der Waals surface area contributed by atoms with Crippen LogP contribution in [0.5, 0.6) is 0 Å². The van der Waals surface area contributed by atoms with Gasteiger partial charge in [-0.15, -0.1) is 0 Å². The lowest BCUT2D eigenvalue weighted by molar-refractivity contribution is -0.138. The largest absolute Gasteiger partial charge is 0.460 e. The van der Waals surface area contributed by atoms with E-state index in [0.29, 0.717) is 12.1 Å². The number of carbonyl (C=O) groups is 2. The Kier molecular flexibility index (Phi) is 9.22. The summed E-state index contributed by atoms with van der Waals surface area (Å²) in [6.45, 7) is 5.52. The Labute approximate surface area is 106 Å². The van der Waals surface area contributed by atoms with Gasteiger partial charge in [-0.3, -0.25) is 4.79 Å². The smallest absolute Gasteiger partial charge is 0.333 e. The third kappa shape index (κ3) is 8.67. The second kappa shape index (κ2) is 9.59. The van der Waals surface area contributed by atoms with E-state index in [2.05, 4.69) is 24.5 Å². The molecule has 0 spiro atoms. The summed E-state index contributed by atoms with van der Waals surface area (Å²) in [6.07, 6.45) is 0.895. The first-order chi connectivity index (χ1) is 7.57. The number of ether oxygens (including phenoxy) is 1. The molecule has 1 amide bonds. The molecule has 0 aliphatic rings. The van der Waals surface area contributed by atoms with Crippen molar-refractivity contribution in [1.82, 2.24) is 5.32 Å². The fourth-order valence-corrected chi connectivity index (χ4v) is 1.75. The lowest BCUT2D eigenvalue weighted by Crippen LogP contribution is -2.25. The van der Waals surface area contributed by atoms with Gasteiger partial charge in [0.1, 0.15) is 6.61 Å². The molecule has 0 aromatic rings. The highest BCUT2D eigenvalue weighted by molar-refractivity contribution is 8.13. The average molecular weight is 263 g/mol. The van der Waals surface area contributed by atoms with Crippen LogP contribution >= 0.6 is 24.4 Å². The zero-order valence-corrected chi connectivity index (χ0v) is 11.0. The van der Waals surface area contributed by atoms with Gasteiger partial charge in [-0.1, -0.05) is 18.3 Å². The van der Waals surface area contributed by atoms with Gasteiger partial charge in [-0.2, -0.15) is 12.6 Å². The van der Waals surface area contributed by atoms with Crippen LogP contribution in [-0.2, 0) is 9.53 Å². The van der Waals surface area contributed by atoms with Crippen molar-refractivity contribution in [3.63, 3.8) is 0 Å². The Hall–Kier alpha value is -0.620. The number of carbonyl (C=O) groups excluding carboxylic acids is 2. The van der Waals surface area contributed by atoms with E-state index in [1.807, 2.05) is 0 Å². The van der Waals surface area contributed by atoms with Crippen LogP contribution in [0.1, 0.15) is 13.3 Å². The van der Waals surface area contributed by atoms with Crippen LogP contribution in [0.15, 0.2) is 12.2 Å². The lowest BCUT2D eigenvalue weighted by atomic mass is 10.4. The van der Waals surface area contributed by atoms with Crippen LogP contribution < -0.4 is 5.32 Å². The molecule has 0 atom stereocenters. The predicted octanol–water partition coefficient (Wildman–Crippen LogP) is 1.87. The second-order valence-corrected chi connectivity index (χ2v) is 4.57. The van der Waals surface area contributed by atoms with Gasteiger partial charge in [0.15, 0.2) is 0 Å². The Morgan fingerprint density at radius 1 is 1.50 bits per heavy atom. The monoisotopic (exact) mass is 263 g/mol. The Balaban J connectivity index is 3.41. The molecule has 0 unspecified atom stereocenters. The SMILES string of the molecule is C=C(C)C(=O)OCCNC(=O)SCCCS. The number of hydrogen-bond donors (Lipinski definition) is 2. The molecule has 0 aliphatic carbocycles. The van der Waals surface area contributed by atoms with Gasteiger partial charge in [0.25, 0.3) is 5.24 Å². The minimum atomic E-state index is -0.433.